The molecule has 0 spiro atoms. The molecule has 0 bridgehead atoms. The monoisotopic (exact) mass is 1150 g/mol. The summed E-state index contributed by atoms with van der Waals surface area (Å²) in [5.41, 5.74) is 1.80. The van der Waals surface area contributed by atoms with Gasteiger partial charge in [0.1, 0.15) is 22.7 Å². The van der Waals surface area contributed by atoms with E-state index in [1.807, 2.05) is 30.5 Å². The first kappa shape index (κ1) is 65.8. The molecule has 2 aromatic carbocycles. The van der Waals surface area contributed by atoms with Crippen LogP contribution >= 0.6 is 22.7 Å². The van der Waals surface area contributed by atoms with Gasteiger partial charge in [-0.3, -0.25) is 33.6 Å². The lowest BCUT2D eigenvalue weighted by atomic mass is 9.97. The number of ether oxygens (including phenoxy) is 2. The highest BCUT2D eigenvalue weighted by Crippen LogP contribution is 2.33. The number of alkyl carbamates (subject to hydrolysis) is 1. The number of nitrogens with zero attached hydrogens (tertiary/aromatic N) is 2. The SMILES string of the molecule is C[C@H](CC(=O)[C@H](C)NC(=O)[C@H](C)CC(=O)OC(C)(C)C)C(=O)NCCCNc1ncc(Cc2cc(-c3ccc(O)c(Cc4cnc(CCCCCC(=O)[C@H](C)NC(=O)[C@H](C)CC(=O)[C@H](C)NC(=O)OC(C)(C)C)s4)c3)ccc2O)s1. The van der Waals surface area contributed by atoms with Crippen molar-refractivity contribution < 1.29 is 58.0 Å². The van der Waals surface area contributed by atoms with E-state index in [9.17, 15) is 48.6 Å². The molecule has 0 saturated carbocycles. The summed E-state index contributed by atoms with van der Waals surface area (Å²) in [4.78, 5) is 112. The minimum absolute atomic E-state index is 0.0570. The zero-order valence-electron chi connectivity index (χ0n) is 48.5. The highest BCUT2D eigenvalue weighted by Gasteiger charge is 2.28. The van der Waals surface area contributed by atoms with E-state index in [0.717, 1.165) is 50.7 Å². The number of unbranched alkanes of at least 4 members (excludes halogenated alkanes) is 2. The third-order valence-electron chi connectivity index (χ3n) is 12.8. The number of carbonyl (C=O) groups excluding carboxylic acids is 8. The summed E-state index contributed by atoms with van der Waals surface area (Å²) in [6, 6.07) is 8.51. The van der Waals surface area contributed by atoms with E-state index in [1.54, 1.807) is 106 Å². The van der Waals surface area contributed by atoms with Crippen molar-refractivity contribution in [2.45, 2.75) is 183 Å². The van der Waals surface area contributed by atoms with Crippen molar-refractivity contribution in [2.75, 3.05) is 18.4 Å². The van der Waals surface area contributed by atoms with Gasteiger partial charge in [0, 0.05) is 85.1 Å². The molecule has 80 heavy (non-hydrogen) atoms. The van der Waals surface area contributed by atoms with Gasteiger partial charge in [0.25, 0.3) is 0 Å². The fourth-order valence-electron chi connectivity index (χ4n) is 8.15. The van der Waals surface area contributed by atoms with Gasteiger partial charge in [0.2, 0.25) is 17.7 Å². The van der Waals surface area contributed by atoms with E-state index in [4.69, 9.17) is 9.47 Å². The number of phenolic OH excluding ortho intramolecular Hbond substituents is 2. The summed E-state index contributed by atoms with van der Waals surface area (Å²) in [5, 5.41) is 37.4. The first-order chi connectivity index (χ1) is 37.5. The molecule has 0 aliphatic heterocycles. The topological polar surface area (TPSA) is 281 Å². The summed E-state index contributed by atoms with van der Waals surface area (Å²) < 4.78 is 10.5. The highest BCUT2D eigenvalue weighted by molar-refractivity contribution is 7.15. The summed E-state index contributed by atoms with van der Waals surface area (Å²) in [5.74, 6) is -4.02. The van der Waals surface area contributed by atoms with Gasteiger partial charge in [0.05, 0.1) is 29.6 Å². The van der Waals surface area contributed by atoms with E-state index in [1.165, 1.54) is 18.3 Å². The summed E-state index contributed by atoms with van der Waals surface area (Å²) in [6.07, 6.45) is 7.38. The van der Waals surface area contributed by atoms with E-state index in [-0.39, 0.29) is 54.0 Å². The van der Waals surface area contributed by atoms with Crippen molar-refractivity contribution >= 4 is 74.9 Å². The van der Waals surface area contributed by atoms with Gasteiger partial charge in [-0.05, 0) is 135 Å². The Morgan fingerprint density at radius 2 is 1.06 bits per heavy atom. The van der Waals surface area contributed by atoms with Crippen LogP contribution in [0.4, 0.5) is 9.93 Å². The van der Waals surface area contributed by atoms with Gasteiger partial charge < -0.3 is 46.3 Å². The zero-order valence-corrected chi connectivity index (χ0v) is 50.1. The van der Waals surface area contributed by atoms with E-state index in [0.29, 0.717) is 55.9 Å². The third-order valence-corrected chi connectivity index (χ3v) is 14.8. The zero-order chi connectivity index (χ0) is 59.5. The second-order valence-corrected chi connectivity index (χ2v) is 25.0. The van der Waals surface area contributed by atoms with E-state index < -0.39 is 71.0 Å². The van der Waals surface area contributed by atoms with Crippen LogP contribution in [0.5, 0.6) is 11.5 Å². The molecule has 19 nitrogen and oxygen atoms in total. The molecule has 2 aromatic heterocycles. The smallest absolute Gasteiger partial charge is 0.408 e. The average Bonchev–Trinajstić information content (AvgIpc) is 4.02. The Morgan fingerprint density at radius 1 is 0.562 bits per heavy atom. The Morgan fingerprint density at radius 3 is 1.62 bits per heavy atom. The largest absolute Gasteiger partial charge is 0.508 e. The number of ketones is 3. The number of amides is 4. The number of thiazole rings is 2. The number of anilines is 1. The molecule has 0 aliphatic carbocycles. The van der Waals surface area contributed by atoms with Crippen LogP contribution in [0.3, 0.4) is 0 Å². The molecule has 0 fully saturated rings. The number of aromatic nitrogens is 2. The average molecular weight is 1150 g/mol. The van der Waals surface area contributed by atoms with Gasteiger partial charge in [-0.2, -0.15) is 0 Å². The number of rotatable bonds is 31. The van der Waals surface area contributed by atoms with Crippen molar-refractivity contribution in [3.63, 3.8) is 0 Å². The fourth-order valence-corrected chi connectivity index (χ4v) is 10.00. The van der Waals surface area contributed by atoms with Crippen molar-refractivity contribution in [1.29, 1.82) is 0 Å². The lowest BCUT2D eigenvalue weighted by molar-refractivity contribution is -0.157. The fraction of sp³-hybridized carbons (Fsp3) is 0.559. The normalized spacial score (nSPS) is 13.8. The summed E-state index contributed by atoms with van der Waals surface area (Å²) >= 11 is 3.03. The Kier molecular flexibility index (Phi) is 25.3. The maximum absolute atomic E-state index is 12.9. The Hall–Kier alpha value is -6.74. The van der Waals surface area contributed by atoms with Crippen LogP contribution in [-0.2, 0) is 62.3 Å². The number of carbonyl (C=O) groups is 8. The van der Waals surface area contributed by atoms with E-state index >= 15 is 0 Å². The maximum atomic E-state index is 12.9. The van der Waals surface area contributed by atoms with Gasteiger partial charge in [-0.15, -0.1) is 22.7 Å². The number of hydrogen-bond donors (Lipinski definition) is 7. The molecule has 21 heteroatoms. The molecule has 0 radical (unpaired) electrons. The molecule has 0 unspecified atom stereocenters. The van der Waals surface area contributed by atoms with Crippen LogP contribution < -0.4 is 26.6 Å². The quantitative estimate of drug-likeness (QED) is 0.0183. The number of aromatic hydroxyl groups is 2. The number of phenols is 2. The number of esters is 1. The van der Waals surface area contributed by atoms with Crippen LogP contribution in [0.2, 0.25) is 0 Å². The molecule has 2 heterocycles. The van der Waals surface area contributed by atoms with Gasteiger partial charge in [-0.25, -0.2) is 14.8 Å². The summed E-state index contributed by atoms with van der Waals surface area (Å²) in [7, 11) is 0. The first-order valence-electron chi connectivity index (χ1n) is 27.4. The maximum Gasteiger partial charge on any atom is 0.408 e. The number of Topliss-reactive ketones (excluding diaryl/α,β-unsaturated/α-hetero) is 3. The second-order valence-electron chi connectivity index (χ2n) is 22.7. The van der Waals surface area contributed by atoms with Gasteiger partial charge in [-0.1, -0.05) is 39.3 Å². The van der Waals surface area contributed by atoms with Crippen LogP contribution in [0.25, 0.3) is 11.1 Å². The Bertz CT molecular complexity index is 2590. The molecule has 0 saturated heterocycles. The molecule has 6 atom stereocenters. The number of benzene rings is 2. The molecular formula is C59H83N7O12S2. The predicted octanol–water partition coefficient (Wildman–Crippen LogP) is 8.93. The van der Waals surface area contributed by atoms with Crippen LogP contribution in [0, 0.1) is 17.8 Å². The predicted molar refractivity (Wildman–Crippen MR) is 310 cm³/mol. The van der Waals surface area contributed by atoms with Gasteiger partial charge >= 0.3 is 12.1 Å². The lowest BCUT2D eigenvalue weighted by Crippen LogP contribution is -2.44. The van der Waals surface area contributed by atoms with Crippen molar-refractivity contribution in [3.05, 3.63) is 74.7 Å². The van der Waals surface area contributed by atoms with Crippen molar-refractivity contribution in [3.8, 4) is 22.6 Å². The minimum atomic E-state index is -0.836. The number of hydrogen-bond acceptors (Lipinski definition) is 17. The second kappa shape index (κ2) is 30.7. The molecule has 4 rings (SSSR count). The minimum Gasteiger partial charge on any atom is -0.508 e. The van der Waals surface area contributed by atoms with Gasteiger partial charge in [0.15, 0.2) is 22.5 Å². The third kappa shape index (κ3) is 23.2. The molecule has 4 amide bonds. The number of aryl methyl sites for hydroxylation is 1. The summed E-state index contributed by atoms with van der Waals surface area (Å²) in [6.45, 7) is 20.9. The van der Waals surface area contributed by atoms with Crippen LogP contribution in [0.1, 0.15) is 160 Å². The van der Waals surface area contributed by atoms with Crippen molar-refractivity contribution in [2.24, 2.45) is 17.8 Å². The number of nitrogens with one attached hydrogen (secondary N) is 5. The molecule has 4 aromatic rings. The standard InChI is InChI=1S/C59H83N7O12S2/c1-34(25-49(70)38(5)65-55(75)36(3)27-52(72)77-58(7,8)9)53(73)60-23-16-24-61-56-63-33-45(80-56)31-43-29-41(20-22-48(43)69)40-19-21-47(68)42(28-40)30-44-32-62-51(79-44)18-15-13-14-17-46(67)37(4)64-54(74)35(2)26-50(71)39(6)66-57(76)78-59(10,11)12/h19-22,28-29,32-39,68-69H,13-18,23-27,30-31H2,1-12H3,(H,60,73)(H,61,63)(H,64,74)(H,65,75)(H,66,76)/t34-,35-,36-,37+,38+,39+/m1/s1. The van der Waals surface area contributed by atoms with Crippen LogP contribution in [0.15, 0.2) is 48.8 Å². The molecule has 438 valence electrons. The molecular weight excluding hydrogens is 1060 g/mol. The highest BCUT2D eigenvalue weighted by atomic mass is 32.1. The lowest BCUT2D eigenvalue weighted by Gasteiger charge is -2.22. The van der Waals surface area contributed by atoms with E-state index in [2.05, 4.69) is 36.6 Å². The molecule has 7 N–H and O–H groups in total. The molecule has 0 aliphatic rings. The first-order valence-corrected chi connectivity index (χ1v) is 29.0. The Labute approximate surface area is 478 Å². The van der Waals surface area contributed by atoms with Crippen molar-refractivity contribution in [1.82, 2.24) is 31.2 Å². The van der Waals surface area contributed by atoms with Crippen LogP contribution in [-0.4, -0.2) is 110 Å². The Balaban J connectivity index is 1.16.